The highest BCUT2D eigenvalue weighted by molar-refractivity contribution is 6.14. The number of phenols is 1. The normalized spacial score (nSPS) is 10.8. The molecule has 0 aliphatic rings. The van der Waals surface area contributed by atoms with E-state index in [-0.39, 0.29) is 6.15 Å². The molecule has 4 aromatic rings. The first-order chi connectivity index (χ1) is 9.33. The minimum atomic E-state index is 0. The van der Waals surface area contributed by atoms with Crippen LogP contribution in [-0.4, -0.2) is 5.11 Å². The van der Waals surface area contributed by atoms with Crippen molar-refractivity contribution in [3.05, 3.63) is 66.7 Å². The van der Waals surface area contributed by atoms with Crippen molar-refractivity contribution in [1.29, 1.82) is 0 Å². The highest BCUT2D eigenvalue weighted by Gasteiger charge is 2.05. The molecule has 0 atom stereocenters. The van der Waals surface area contributed by atoms with Gasteiger partial charge in [0.25, 0.3) is 0 Å². The van der Waals surface area contributed by atoms with Gasteiger partial charge >= 0.3 is 0 Å². The Hall–Kier alpha value is -2.58. The summed E-state index contributed by atoms with van der Waals surface area (Å²) in [5.74, 6) is 0.346. The van der Waals surface area contributed by atoms with Crippen molar-refractivity contribution >= 4 is 32.3 Å². The minimum absolute atomic E-state index is 0. The SMILES string of the molecule is N.Oc1cccc2ccc3cc4ccccc4cc3c12. The lowest BCUT2D eigenvalue weighted by Gasteiger charge is -2.07. The maximum atomic E-state index is 10.1. The van der Waals surface area contributed by atoms with E-state index in [0.29, 0.717) is 5.75 Å². The number of benzene rings is 4. The first-order valence-corrected chi connectivity index (χ1v) is 6.36. The van der Waals surface area contributed by atoms with Crippen molar-refractivity contribution in [2.45, 2.75) is 0 Å². The molecule has 4 aromatic carbocycles. The van der Waals surface area contributed by atoms with Crippen LogP contribution in [0.15, 0.2) is 66.7 Å². The van der Waals surface area contributed by atoms with E-state index >= 15 is 0 Å². The molecule has 0 radical (unpaired) electrons. The van der Waals surface area contributed by atoms with Gasteiger partial charge in [-0.3, -0.25) is 0 Å². The van der Waals surface area contributed by atoms with Crippen LogP contribution in [0.4, 0.5) is 0 Å². The Labute approximate surface area is 116 Å². The summed E-state index contributed by atoms with van der Waals surface area (Å²) in [6.07, 6.45) is 0. The summed E-state index contributed by atoms with van der Waals surface area (Å²) in [6, 6.07) is 22.5. The number of hydrogen-bond donors (Lipinski definition) is 2. The van der Waals surface area contributed by atoms with Gasteiger partial charge in [0.1, 0.15) is 5.75 Å². The highest BCUT2D eigenvalue weighted by Crippen LogP contribution is 2.34. The third-order valence-electron chi connectivity index (χ3n) is 3.70. The second-order valence-electron chi connectivity index (χ2n) is 4.86. The molecule has 0 fully saturated rings. The van der Waals surface area contributed by atoms with Gasteiger partial charge in [0.05, 0.1) is 0 Å². The lowest BCUT2D eigenvalue weighted by molar-refractivity contribution is 0.482. The molecule has 0 amide bonds. The Balaban J connectivity index is 0.00000121. The van der Waals surface area contributed by atoms with Crippen LogP contribution in [-0.2, 0) is 0 Å². The average molecular weight is 261 g/mol. The Morgan fingerprint density at radius 3 is 2.05 bits per heavy atom. The molecule has 4 N–H and O–H groups in total. The largest absolute Gasteiger partial charge is 0.507 e. The maximum Gasteiger partial charge on any atom is 0.124 e. The molecular formula is C18H15NO. The second-order valence-corrected chi connectivity index (χ2v) is 4.86. The molecule has 2 heteroatoms. The third-order valence-corrected chi connectivity index (χ3v) is 3.70. The molecule has 0 unspecified atom stereocenters. The van der Waals surface area contributed by atoms with Crippen LogP contribution in [0.5, 0.6) is 5.75 Å². The Morgan fingerprint density at radius 1 is 0.600 bits per heavy atom. The molecule has 0 spiro atoms. The van der Waals surface area contributed by atoms with Gasteiger partial charge in [-0.25, -0.2) is 0 Å². The predicted octanol–water partition coefficient (Wildman–Crippen LogP) is 5.01. The van der Waals surface area contributed by atoms with Gasteiger partial charge in [-0.1, -0.05) is 48.5 Å². The van der Waals surface area contributed by atoms with Gasteiger partial charge in [0, 0.05) is 5.39 Å². The van der Waals surface area contributed by atoms with Crippen LogP contribution < -0.4 is 6.15 Å². The van der Waals surface area contributed by atoms with Crippen molar-refractivity contribution < 1.29 is 5.11 Å². The van der Waals surface area contributed by atoms with Crippen molar-refractivity contribution in [2.75, 3.05) is 0 Å². The Morgan fingerprint density at radius 2 is 1.25 bits per heavy atom. The zero-order valence-electron chi connectivity index (χ0n) is 11.0. The van der Waals surface area contributed by atoms with Crippen molar-refractivity contribution in [2.24, 2.45) is 0 Å². The lowest BCUT2D eigenvalue weighted by atomic mass is 9.98. The standard InChI is InChI=1S/C18H12O.H3N/c19-17-7-3-6-12-8-9-15-10-13-4-1-2-5-14(13)11-16(15)18(12)17;/h1-11,19H;1H3. The molecular weight excluding hydrogens is 246 g/mol. The summed E-state index contributed by atoms with van der Waals surface area (Å²) in [5, 5.41) is 16.8. The zero-order chi connectivity index (χ0) is 12.8. The summed E-state index contributed by atoms with van der Waals surface area (Å²) in [7, 11) is 0. The van der Waals surface area contributed by atoms with Crippen molar-refractivity contribution in [1.82, 2.24) is 6.15 Å². The predicted molar refractivity (Wildman–Crippen MR) is 85.6 cm³/mol. The zero-order valence-corrected chi connectivity index (χ0v) is 11.0. The van der Waals surface area contributed by atoms with Crippen LogP contribution in [0, 0.1) is 0 Å². The summed E-state index contributed by atoms with van der Waals surface area (Å²) < 4.78 is 0. The summed E-state index contributed by atoms with van der Waals surface area (Å²) >= 11 is 0. The quantitative estimate of drug-likeness (QED) is 0.345. The first kappa shape index (κ1) is 12.5. The third kappa shape index (κ3) is 1.70. The monoisotopic (exact) mass is 261 g/mol. The summed E-state index contributed by atoms with van der Waals surface area (Å²) in [6.45, 7) is 0. The first-order valence-electron chi connectivity index (χ1n) is 6.36. The summed E-state index contributed by atoms with van der Waals surface area (Å²) in [4.78, 5) is 0. The molecule has 0 heterocycles. The molecule has 4 rings (SSSR count). The Kier molecular flexibility index (Phi) is 2.81. The van der Waals surface area contributed by atoms with Gasteiger partial charge in [-0.2, -0.15) is 0 Å². The van der Waals surface area contributed by atoms with E-state index in [4.69, 9.17) is 0 Å². The molecule has 2 nitrogen and oxygen atoms in total. The van der Waals surface area contributed by atoms with Crippen LogP contribution in [0.2, 0.25) is 0 Å². The van der Waals surface area contributed by atoms with Crippen molar-refractivity contribution in [3.8, 4) is 5.75 Å². The summed E-state index contributed by atoms with van der Waals surface area (Å²) in [5.41, 5.74) is 0. The fourth-order valence-corrected chi connectivity index (χ4v) is 2.78. The lowest BCUT2D eigenvalue weighted by Crippen LogP contribution is -1.80. The van der Waals surface area contributed by atoms with E-state index < -0.39 is 0 Å². The van der Waals surface area contributed by atoms with Gasteiger partial charge < -0.3 is 11.3 Å². The molecule has 98 valence electrons. The van der Waals surface area contributed by atoms with Crippen LogP contribution in [0.3, 0.4) is 0 Å². The fourth-order valence-electron chi connectivity index (χ4n) is 2.78. The van der Waals surface area contributed by atoms with E-state index in [1.165, 1.54) is 10.8 Å². The topological polar surface area (TPSA) is 55.2 Å². The number of phenolic OH excluding ortho intramolecular Hbond substituents is 1. The maximum absolute atomic E-state index is 10.1. The Bertz CT molecular complexity index is 928. The van der Waals surface area contributed by atoms with E-state index in [9.17, 15) is 5.11 Å². The van der Waals surface area contributed by atoms with E-state index in [2.05, 4.69) is 36.4 Å². The number of aromatic hydroxyl groups is 1. The second kappa shape index (κ2) is 4.51. The molecule has 0 aliphatic carbocycles. The number of rotatable bonds is 0. The highest BCUT2D eigenvalue weighted by atomic mass is 16.3. The minimum Gasteiger partial charge on any atom is -0.507 e. The van der Waals surface area contributed by atoms with E-state index in [1.807, 2.05) is 24.3 Å². The van der Waals surface area contributed by atoms with Gasteiger partial charge in [0.15, 0.2) is 0 Å². The van der Waals surface area contributed by atoms with Crippen LogP contribution in [0.25, 0.3) is 32.3 Å². The molecule has 20 heavy (non-hydrogen) atoms. The fraction of sp³-hybridized carbons (Fsp3) is 0. The van der Waals surface area contributed by atoms with Crippen LogP contribution >= 0.6 is 0 Å². The van der Waals surface area contributed by atoms with Crippen molar-refractivity contribution in [3.63, 3.8) is 0 Å². The van der Waals surface area contributed by atoms with Gasteiger partial charge in [-0.05, 0) is 45.1 Å². The number of fused-ring (bicyclic) bond motifs is 4. The van der Waals surface area contributed by atoms with Gasteiger partial charge in [0.2, 0.25) is 0 Å². The number of hydrogen-bond acceptors (Lipinski definition) is 2. The van der Waals surface area contributed by atoms with Gasteiger partial charge in [-0.15, -0.1) is 0 Å². The average Bonchev–Trinajstić information content (AvgIpc) is 2.45. The smallest absolute Gasteiger partial charge is 0.124 e. The molecule has 0 aliphatic heterocycles. The molecule has 0 aromatic heterocycles. The van der Waals surface area contributed by atoms with E-state index in [1.54, 1.807) is 6.07 Å². The molecule has 0 saturated heterocycles. The molecule has 0 saturated carbocycles. The molecule has 0 bridgehead atoms. The van der Waals surface area contributed by atoms with Crippen LogP contribution in [0.1, 0.15) is 0 Å². The van der Waals surface area contributed by atoms with E-state index in [0.717, 1.165) is 21.5 Å².